The Labute approximate surface area is 74.4 Å². The lowest BCUT2D eigenvalue weighted by molar-refractivity contribution is -0.000769. The molecule has 2 rings (SSSR count). The highest BCUT2D eigenvalue weighted by molar-refractivity contribution is 4.94. The summed E-state index contributed by atoms with van der Waals surface area (Å²) in [6.45, 7) is 4.41. The van der Waals surface area contributed by atoms with Crippen molar-refractivity contribution in [2.75, 3.05) is 13.1 Å². The molecule has 1 saturated heterocycles. The topological polar surface area (TPSA) is 32.3 Å². The van der Waals surface area contributed by atoms with Gasteiger partial charge in [0, 0.05) is 0 Å². The van der Waals surface area contributed by atoms with E-state index in [9.17, 15) is 5.11 Å². The zero-order valence-electron chi connectivity index (χ0n) is 7.84. The summed E-state index contributed by atoms with van der Waals surface area (Å²) in [6.07, 6.45) is 4.77. The van der Waals surface area contributed by atoms with Crippen molar-refractivity contribution >= 4 is 0 Å². The molecule has 2 fully saturated rings. The average Bonchev–Trinajstić information content (AvgIpc) is 2.87. The third kappa shape index (κ3) is 1.50. The van der Waals surface area contributed by atoms with E-state index in [1.165, 1.54) is 12.8 Å². The van der Waals surface area contributed by atoms with E-state index in [1.807, 2.05) is 0 Å². The van der Waals surface area contributed by atoms with Crippen LogP contribution in [0.4, 0.5) is 0 Å². The Kier molecular flexibility index (Phi) is 2.13. The standard InChI is InChI=1S/C10H19NO/c1-10(4-6-11-7-5-10)9(12)8-2-3-8/h8-9,11-12H,2-7H2,1H3. The zero-order chi connectivity index (χ0) is 8.60. The molecule has 2 N–H and O–H groups in total. The second kappa shape index (κ2) is 3.00. The molecule has 2 aliphatic rings. The molecule has 0 aromatic heterocycles. The summed E-state index contributed by atoms with van der Waals surface area (Å²) in [7, 11) is 0. The van der Waals surface area contributed by atoms with E-state index >= 15 is 0 Å². The lowest BCUT2D eigenvalue weighted by Crippen LogP contribution is -2.43. The van der Waals surface area contributed by atoms with Gasteiger partial charge in [0.2, 0.25) is 0 Å². The van der Waals surface area contributed by atoms with Crippen LogP contribution in [0.1, 0.15) is 32.6 Å². The summed E-state index contributed by atoms with van der Waals surface area (Å²) in [5.74, 6) is 0.632. The predicted molar refractivity (Wildman–Crippen MR) is 48.9 cm³/mol. The maximum Gasteiger partial charge on any atom is 0.0622 e. The predicted octanol–water partition coefficient (Wildman–Crippen LogP) is 1.15. The van der Waals surface area contributed by atoms with Gasteiger partial charge in [-0.15, -0.1) is 0 Å². The first-order chi connectivity index (χ1) is 5.72. The number of nitrogens with one attached hydrogen (secondary N) is 1. The maximum absolute atomic E-state index is 10.0. The van der Waals surface area contributed by atoms with Crippen molar-refractivity contribution in [1.82, 2.24) is 5.32 Å². The molecule has 0 amide bonds. The molecule has 1 atom stereocenters. The monoisotopic (exact) mass is 169 g/mol. The van der Waals surface area contributed by atoms with Crippen molar-refractivity contribution in [3.05, 3.63) is 0 Å². The average molecular weight is 169 g/mol. The Morgan fingerprint density at radius 3 is 2.42 bits per heavy atom. The molecule has 0 aromatic rings. The molecule has 2 heteroatoms. The second-order valence-corrected chi connectivity index (χ2v) is 4.69. The highest BCUT2D eigenvalue weighted by atomic mass is 16.3. The number of hydrogen-bond donors (Lipinski definition) is 2. The minimum atomic E-state index is -0.0281. The van der Waals surface area contributed by atoms with Gasteiger partial charge in [-0.25, -0.2) is 0 Å². The van der Waals surface area contributed by atoms with Crippen molar-refractivity contribution in [2.45, 2.75) is 38.7 Å². The first kappa shape index (κ1) is 8.52. The third-order valence-corrected chi connectivity index (χ3v) is 3.53. The van der Waals surface area contributed by atoms with Gasteiger partial charge in [-0.3, -0.25) is 0 Å². The largest absolute Gasteiger partial charge is 0.392 e. The molecule has 1 heterocycles. The summed E-state index contributed by atoms with van der Waals surface area (Å²) >= 11 is 0. The van der Waals surface area contributed by atoms with E-state index in [0.29, 0.717) is 5.92 Å². The number of aliphatic hydroxyl groups excluding tert-OH is 1. The fraction of sp³-hybridized carbons (Fsp3) is 1.00. The molecule has 1 aliphatic carbocycles. The quantitative estimate of drug-likeness (QED) is 0.650. The Balaban J connectivity index is 1.96. The van der Waals surface area contributed by atoms with E-state index in [-0.39, 0.29) is 11.5 Å². The van der Waals surface area contributed by atoms with E-state index in [2.05, 4.69) is 12.2 Å². The summed E-state index contributed by atoms with van der Waals surface area (Å²) in [5.41, 5.74) is 0.215. The molecule has 0 bridgehead atoms. The Morgan fingerprint density at radius 2 is 1.92 bits per heavy atom. The Bertz CT molecular complexity index is 159. The Morgan fingerprint density at radius 1 is 1.33 bits per heavy atom. The van der Waals surface area contributed by atoms with Crippen molar-refractivity contribution in [3.8, 4) is 0 Å². The minimum absolute atomic E-state index is 0.0281. The molecule has 12 heavy (non-hydrogen) atoms. The van der Waals surface area contributed by atoms with Crippen molar-refractivity contribution < 1.29 is 5.11 Å². The number of piperidine rings is 1. The van der Waals surface area contributed by atoms with Crippen LogP contribution in [-0.2, 0) is 0 Å². The van der Waals surface area contributed by atoms with Gasteiger partial charge in [0.25, 0.3) is 0 Å². The number of hydrogen-bond acceptors (Lipinski definition) is 2. The van der Waals surface area contributed by atoms with Gasteiger partial charge >= 0.3 is 0 Å². The molecule has 1 aliphatic heterocycles. The van der Waals surface area contributed by atoms with Crippen LogP contribution in [0.25, 0.3) is 0 Å². The lowest BCUT2D eigenvalue weighted by atomic mass is 9.74. The summed E-state index contributed by atoms with van der Waals surface area (Å²) < 4.78 is 0. The molecular weight excluding hydrogens is 150 g/mol. The van der Waals surface area contributed by atoms with Crippen molar-refractivity contribution in [3.63, 3.8) is 0 Å². The van der Waals surface area contributed by atoms with Gasteiger partial charge in [-0.1, -0.05) is 6.92 Å². The van der Waals surface area contributed by atoms with Crippen LogP contribution in [0.3, 0.4) is 0 Å². The first-order valence-corrected chi connectivity index (χ1v) is 5.11. The van der Waals surface area contributed by atoms with Crippen LogP contribution >= 0.6 is 0 Å². The normalized spacial score (nSPS) is 31.5. The molecule has 1 unspecified atom stereocenters. The zero-order valence-corrected chi connectivity index (χ0v) is 7.84. The Hall–Kier alpha value is -0.0800. The van der Waals surface area contributed by atoms with Crippen LogP contribution in [-0.4, -0.2) is 24.3 Å². The van der Waals surface area contributed by atoms with Crippen LogP contribution in [0.5, 0.6) is 0 Å². The van der Waals surface area contributed by atoms with E-state index in [4.69, 9.17) is 0 Å². The fourth-order valence-electron chi connectivity index (χ4n) is 2.27. The van der Waals surface area contributed by atoms with Gasteiger partial charge in [-0.2, -0.15) is 0 Å². The van der Waals surface area contributed by atoms with Crippen molar-refractivity contribution in [2.24, 2.45) is 11.3 Å². The number of aliphatic hydroxyl groups is 1. The molecule has 0 aromatic carbocycles. The van der Waals surface area contributed by atoms with Gasteiger partial charge in [-0.05, 0) is 50.1 Å². The molecular formula is C10H19NO. The van der Waals surface area contributed by atoms with Crippen LogP contribution in [0.15, 0.2) is 0 Å². The minimum Gasteiger partial charge on any atom is -0.392 e. The highest BCUT2D eigenvalue weighted by Crippen LogP contribution is 2.44. The summed E-state index contributed by atoms with van der Waals surface area (Å²) in [5, 5.41) is 13.4. The van der Waals surface area contributed by atoms with Gasteiger partial charge in [0.15, 0.2) is 0 Å². The summed E-state index contributed by atoms with van der Waals surface area (Å²) in [6, 6.07) is 0. The smallest absolute Gasteiger partial charge is 0.0622 e. The lowest BCUT2D eigenvalue weighted by Gasteiger charge is -2.38. The molecule has 0 spiro atoms. The van der Waals surface area contributed by atoms with E-state index < -0.39 is 0 Å². The van der Waals surface area contributed by atoms with Gasteiger partial charge < -0.3 is 10.4 Å². The SMILES string of the molecule is CC1(C(O)C2CC2)CCNCC1. The first-order valence-electron chi connectivity index (χ1n) is 5.11. The van der Waals surface area contributed by atoms with Crippen molar-refractivity contribution in [1.29, 1.82) is 0 Å². The highest BCUT2D eigenvalue weighted by Gasteiger charge is 2.42. The van der Waals surface area contributed by atoms with E-state index in [1.54, 1.807) is 0 Å². The maximum atomic E-state index is 10.0. The van der Waals surface area contributed by atoms with Gasteiger partial charge in [0.1, 0.15) is 0 Å². The van der Waals surface area contributed by atoms with Gasteiger partial charge in [0.05, 0.1) is 6.10 Å². The molecule has 1 saturated carbocycles. The third-order valence-electron chi connectivity index (χ3n) is 3.53. The molecule has 0 radical (unpaired) electrons. The number of rotatable bonds is 2. The van der Waals surface area contributed by atoms with Crippen LogP contribution in [0, 0.1) is 11.3 Å². The van der Waals surface area contributed by atoms with Crippen LogP contribution in [0.2, 0.25) is 0 Å². The molecule has 70 valence electrons. The van der Waals surface area contributed by atoms with Crippen LogP contribution < -0.4 is 5.32 Å². The second-order valence-electron chi connectivity index (χ2n) is 4.69. The van der Waals surface area contributed by atoms with E-state index in [0.717, 1.165) is 25.9 Å². The summed E-state index contributed by atoms with van der Waals surface area (Å²) in [4.78, 5) is 0. The molecule has 2 nitrogen and oxygen atoms in total. The fourth-order valence-corrected chi connectivity index (χ4v) is 2.27.